The molecule has 0 radical (unpaired) electrons. The fourth-order valence-corrected chi connectivity index (χ4v) is 5.08. The Labute approximate surface area is 173 Å². The summed E-state index contributed by atoms with van der Waals surface area (Å²) in [4.78, 5) is 16.8. The molecule has 2 aliphatic heterocycles. The van der Waals surface area contributed by atoms with Crippen molar-refractivity contribution in [1.29, 1.82) is 0 Å². The van der Waals surface area contributed by atoms with E-state index in [4.69, 9.17) is 4.74 Å². The molecule has 1 aromatic heterocycles. The Balaban J connectivity index is 1.18. The van der Waals surface area contributed by atoms with Gasteiger partial charge in [0.25, 0.3) is 0 Å². The van der Waals surface area contributed by atoms with Crippen molar-refractivity contribution in [2.45, 2.75) is 23.3 Å². The van der Waals surface area contributed by atoms with Crippen LogP contribution in [0.15, 0.2) is 34.7 Å². The number of benzene rings is 1. The monoisotopic (exact) mass is 419 g/mol. The number of carbonyl (C=O) groups is 1. The Morgan fingerprint density at radius 2 is 2.04 bits per heavy atom. The molecule has 150 valence electrons. The van der Waals surface area contributed by atoms with Crippen molar-refractivity contribution in [3.8, 4) is 0 Å². The van der Waals surface area contributed by atoms with Crippen LogP contribution < -0.4 is 10.2 Å². The van der Waals surface area contributed by atoms with Gasteiger partial charge in [0.2, 0.25) is 11.0 Å². The van der Waals surface area contributed by atoms with Crippen molar-refractivity contribution in [2.75, 3.05) is 55.3 Å². The van der Waals surface area contributed by atoms with Gasteiger partial charge in [-0.2, -0.15) is 0 Å². The molecule has 0 unspecified atom stereocenters. The van der Waals surface area contributed by atoms with Crippen molar-refractivity contribution in [3.05, 3.63) is 30.3 Å². The minimum atomic E-state index is 0.168. The largest absolute Gasteiger partial charge is 0.376 e. The molecular weight excluding hydrogens is 394 g/mol. The molecule has 0 bridgehead atoms. The van der Waals surface area contributed by atoms with Gasteiger partial charge in [-0.1, -0.05) is 41.3 Å². The molecule has 1 amide bonds. The van der Waals surface area contributed by atoms with Crippen LogP contribution in [0.2, 0.25) is 0 Å². The van der Waals surface area contributed by atoms with Gasteiger partial charge in [0.15, 0.2) is 4.34 Å². The zero-order chi connectivity index (χ0) is 19.2. The number of carbonyl (C=O) groups excluding carboxylic acids is 1. The highest BCUT2D eigenvalue weighted by atomic mass is 32.2. The second-order valence-corrected chi connectivity index (χ2v) is 9.08. The number of hydrogen-bond acceptors (Lipinski definition) is 8. The van der Waals surface area contributed by atoms with Crippen molar-refractivity contribution in [3.63, 3.8) is 0 Å². The fourth-order valence-electron chi connectivity index (χ4n) is 3.41. The first-order valence-corrected chi connectivity index (χ1v) is 11.5. The SMILES string of the molecule is O=C(CSc1nnc(NC[C@@H]2CCCO2)s1)N1CCN(c2ccccc2)CC1. The molecule has 2 aromatic rings. The maximum Gasteiger partial charge on any atom is 0.233 e. The zero-order valence-electron chi connectivity index (χ0n) is 15.7. The van der Waals surface area contributed by atoms with E-state index >= 15 is 0 Å². The van der Waals surface area contributed by atoms with Gasteiger partial charge in [-0.3, -0.25) is 4.79 Å². The summed E-state index contributed by atoms with van der Waals surface area (Å²) in [5.41, 5.74) is 1.22. The van der Waals surface area contributed by atoms with Crippen LogP contribution >= 0.6 is 23.1 Å². The van der Waals surface area contributed by atoms with Gasteiger partial charge in [-0.15, -0.1) is 10.2 Å². The number of amides is 1. The topological polar surface area (TPSA) is 70.6 Å². The van der Waals surface area contributed by atoms with Gasteiger partial charge in [0, 0.05) is 45.0 Å². The number of nitrogens with one attached hydrogen (secondary N) is 1. The highest BCUT2D eigenvalue weighted by Gasteiger charge is 2.22. The molecule has 1 N–H and O–H groups in total. The lowest BCUT2D eigenvalue weighted by molar-refractivity contribution is -0.128. The lowest BCUT2D eigenvalue weighted by Gasteiger charge is -2.36. The highest BCUT2D eigenvalue weighted by molar-refractivity contribution is 8.01. The van der Waals surface area contributed by atoms with E-state index < -0.39 is 0 Å². The summed E-state index contributed by atoms with van der Waals surface area (Å²) in [6.07, 6.45) is 2.50. The van der Waals surface area contributed by atoms with Crippen LogP contribution in [0.4, 0.5) is 10.8 Å². The normalized spacial score (nSPS) is 19.8. The minimum absolute atomic E-state index is 0.168. The second kappa shape index (κ2) is 9.58. The number of ether oxygens (including phenoxy) is 1. The third kappa shape index (κ3) is 5.15. The smallest absolute Gasteiger partial charge is 0.233 e. The standard InChI is InChI=1S/C19H25N5O2S2/c25-17(24-10-8-23(9-11-24)15-5-2-1-3-6-15)14-27-19-22-21-18(28-19)20-13-16-7-4-12-26-16/h1-3,5-6,16H,4,7-14H2,(H,20,21)/t16-/m0/s1. The molecule has 2 saturated heterocycles. The first-order valence-electron chi connectivity index (χ1n) is 9.67. The van der Waals surface area contributed by atoms with E-state index in [1.807, 2.05) is 11.0 Å². The van der Waals surface area contributed by atoms with Gasteiger partial charge < -0.3 is 19.9 Å². The van der Waals surface area contributed by atoms with E-state index in [9.17, 15) is 4.79 Å². The molecule has 4 rings (SSSR count). The number of para-hydroxylation sites is 1. The first-order chi connectivity index (χ1) is 13.8. The van der Waals surface area contributed by atoms with Crippen LogP contribution in [0, 0.1) is 0 Å². The lowest BCUT2D eigenvalue weighted by atomic mass is 10.2. The molecule has 7 nitrogen and oxygen atoms in total. The predicted molar refractivity (Wildman–Crippen MR) is 113 cm³/mol. The molecule has 9 heteroatoms. The van der Waals surface area contributed by atoms with Crippen molar-refractivity contribution < 1.29 is 9.53 Å². The Morgan fingerprint density at radius 1 is 1.21 bits per heavy atom. The van der Waals surface area contributed by atoms with Gasteiger partial charge in [0.05, 0.1) is 11.9 Å². The van der Waals surface area contributed by atoms with Crippen LogP contribution in [0.3, 0.4) is 0 Å². The van der Waals surface area contributed by atoms with Crippen LogP contribution in [0.5, 0.6) is 0 Å². The zero-order valence-corrected chi connectivity index (χ0v) is 17.4. The number of anilines is 2. The Bertz CT molecular complexity index is 759. The van der Waals surface area contributed by atoms with Gasteiger partial charge >= 0.3 is 0 Å². The summed E-state index contributed by atoms with van der Waals surface area (Å²) >= 11 is 2.96. The molecule has 0 saturated carbocycles. The van der Waals surface area contributed by atoms with Gasteiger partial charge in [-0.25, -0.2) is 0 Å². The van der Waals surface area contributed by atoms with Crippen molar-refractivity contribution >= 4 is 39.8 Å². The van der Waals surface area contributed by atoms with E-state index in [2.05, 4.69) is 44.7 Å². The molecule has 1 atom stereocenters. The molecule has 0 aliphatic carbocycles. The number of piperazine rings is 1. The quantitative estimate of drug-likeness (QED) is 0.692. The summed E-state index contributed by atoms with van der Waals surface area (Å²) in [5.74, 6) is 0.577. The predicted octanol–water partition coefficient (Wildman–Crippen LogP) is 2.57. The van der Waals surface area contributed by atoms with E-state index in [1.165, 1.54) is 28.8 Å². The first kappa shape index (κ1) is 19.5. The fraction of sp³-hybridized carbons (Fsp3) is 0.526. The average molecular weight is 420 g/mol. The highest BCUT2D eigenvalue weighted by Crippen LogP contribution is 2.26. The molecular formula is C19H25N5O2S2. The Hall–Kier alpha value is -1.84. The number of aromatic nitrogens is 2. The summed E-state index contributed by atoms with van der Waals surface area (Å²) in [5, 5.41) is 12.4. The Morgan fingerprint density at radius 3 is 2.79 bits per heavy atom. The van der Waals surface area contributed by atoms with Gasteiger partial charge in [0.1, 0.15) is 0 Å². The van der Waals surface area contributed by atoms with Crippen molar-refractivity contribution in [1.82, 2.24) is 15.1 Å². The lowest BCUT2D eigenvalue weighted by Crippen LogP contribution is -2.49. The molecule has 28 heavy (non-hydrogen) atoms. The van der Waals surface area contributed by atoms with E-state index in [0.717, 1.165) is 61.6 Å². The van der Waals surface area contributed by atoms with E-state index in [-0.39, 0.29) is 12.0 Å². The van der Waals surface area contributed by atoms with Crippen LogP contribution in [-0.4, -0.2) is 72.2 Å². The number of thioether (sulfide) groups is 1. The summed E-state index contributed by atoms with van der Waals surface area (Å²) in [6.45, 7) is 4.89. The molecule has 2 fully saturated rings. The number of hydrogen-bond donors (Lipinski definition) is 1. The van der Waals surface area contributed by atoms with Crippen LogP contribution in [-0.2, 0) is 9.53 Å². The van der Waals surface area contributed by atoms with Crippen LogP contribution in [0.1, 0.15) is 12.8 Å². The third-order valence-corrected chi connectivity index (χ3v) is 6.98. The Kier molecular flexibility index (Phi) is 6.66. The van der Waals surface area contributed by atoms with E-state index in [0.29, 0.717) is 5.75 Å². The number of rotatable bonds is 7. The maximum absolute atomic E-state index is 12.5. The second-order valence-electron chi connectivity index (χ2n) is 6.88. The third-order valence-electron chi connectivity index (χ3n) is 4.98. The van der Waals surface area contributed by atoms with Crippen molar-refractivity contribution in [2.24, 2.45) is 0 Å². The average Bonchev–Trinajstić information content (AvgIpc) is 3.43. The van der Waals surface area contributed by atoms with Crippen LogP contribution in [0.25, 0.3) is 0 Å². The number of nitrogens with zero attached hydrogens (tertiary/aromatic N) is 4. The summed E-state index contributed by atoms with van der Waals surface area (Å²) in [6, 6.07) is 10.4. The molecule has 3 heterocycles. The van der Waals surface area contributed by atoms with E-state index in [1.54, 1.807) is 0 Å². The summed E-state index contributed by atoms with van der Waals surface area (Å²) < 4.78 is 6.42. The molecule has 0 spiro atoms. The molecule has 2 aliphatic rings. The molecule has 1 aromatic carbocycles. The minimum Gasteiger partial charge on any atom is -0.376 e. The maximum atomic E-state index is 12.5. The summed E-state index contributed by atoms with van der Waals surface area (Å²) in [7, 11) is 0. The van der Waals surface area contributed by atoms with Gasteiger partial charge in [-0.05, 0) is 25.0 Å².